The van der Waals surface area contributed by atoms with Crippen LogP contribution in [0, 0.1) is 11.3 Å². The van der Waals surface area contributed by atoms with Gasteiger partial charge in [-0.2, -0.15) is 5.26 Å². The van der Waals surface area contributed by atoms with Crippen molar-refractivity contribution in [1.82, 2.24) is 9.88 Å². The minimum absolute atomic E-state index is 0.147. The molecule has 0 saturated heterocycles. The second-order valence-corrected chi connectivity index (χ2v) is 8.04. The van der Waals surface area contributed by atoms with E-state index in [0.29, 0.717) is 17.4 Å². The van der Waals surface area contributed by atoms with Crippen molar-refractivity contribution in [3.05, 3.63) is 40.2 Å². The van der Waals surface area contributed by atoms with E-state index in [1.165, 1.54) is 49.5 Å². The highest BCUT2D eigenvalue weighted by Crippen LogP contribution is 2.26. The molecular weight excluding hydrogens is 390 g/mol. The van der Waals surface area contributed by atoms with Crippen molar-refractivity contribution in [3.8, 4) is 11.8 Å². The van der Waals surface area contributed by atoms with E-state index in [-0.39, 0.29) is 24.3 Å². The van der Waals surface area contributed by atoms with Gasteiger partial charge in [-0.15, -0.1) is 0 Å². The molecular formula is C25H35N3O3. The molecule has 0 radical (unpaired) electrons. The first-order valence-electron chi connectivity index (χ1n) is 11.6. The van der Waals surface area contributed by atoms with Gasteiger partial charge in [-0.05, 0) is 18.6 Å². The number of hydrogen-bond donors (Lipinski definition) is 2. The Bertz CT molecular complexity index is 943. The van der Waals surface area contributed by atoms with Gasteiger partial charge in [-0.3, -0.25) is 9.59 Å². The Labute approximate surface area is 184 Å². The molecule has 0 bridgehead atoms. The first-order chi connectivity index (χ1) is 15.1. The van der Waals surface area contributed by atoms with Gasteiger partial charge in [0.1, 0.15) is 11.3 Å². The van der Waals surface area contributed by atoms with Crippen LogP contribution >= 0.6 is 0 Å². The van der Waals surface area contributed by atoms with Crippen molar-refractivity contribution >= 4 is 16.8 Å². The predicted octanol–water partition coefficient (Wildman–Crippen LogP) is 5.27. The lowest BCUT2D eigenvalue weighted by Gasteiger charge is -2.14. The minimum Gasteiger partial charge on any atom is -0.506 e. The number of aromatic hydroxyl groups is 1. The topological polar surface area (TPSA) is 95.1 Å². The van der Waals surface area contributed by atoms with Gasteiger partial charge in [0.05, 0.1) is 18.0 Å². The summed E-state index contributed by atoms with van der Waals surface area (Å²) in [4.78, 5) is 25.6. The molecule has 2 N–H and O–H groups in total. The van der Waals surface area contributed by atoms with E-state index in [1.807, 2.05) is 6.07 Å². The molecule has 1 heterocycles. The van der Waals surface area contributed by atoms with E-state index < -0.39 is 11.5 Å². The fourth-order valence-electron chi connectivity index (χ4n) is 3.88. The number of nitrogens with zero attached hydrogens (tertiary/aromatic N) is 2. The highest BCUT2D eigenvalue weighted by Gasteiger charge is 2.21. The maximum Gasteiger partial charge on any atom is 0.267 e. The predicted molar refractivity (Wildman–Crippen MR) is 124 cm³/mol. The zero-order valence-corrected chi connectivity index (χ0v) is 18.7. The quantitative estimate of drug-likeness (QED) is 0.403. The van der Waals surface area contributed by atoms with E-state index in [4.69, 9.17) is 5.26 Å². The number of fused-ring (bicyclic) bond motifs is 1. The SMILES string of the molecule is CCCCCCCCCCCCNC(=O)c1c(O)c2ccccc2n(CCC#N)c1=O. The molecule has 0 atom stereocenters. The fourth-order valence-corrected chi connectivity index (χ4v) is 3.88. The molecule has 1 aromatic heterocycles. The molecule has 0 aliphatic rings. The van der Waals surface area contributed by atoms with Crippen LogP contribution in [0.3, 0.4) is 0 Å². The molecule has 1 amide bonds. The maximum absolute atomic E-state index is 12.9. The lowest BCUT2D eigenvalue weighted by atomic mass is 10.1. The van der Waals surface area contributed by atoms with E-state index in [9.17, 15) is 14.7 Å². The number of nitriles is 1. The summed E-state index contributed by atoms with van der Waals surface area (Å²) in [5.41, 5.74) is -0.290. The number of rotatable bonds is 14. The number of unbranched alkanes of at least 4 members (excludes halogenated alkanes) is 9. The summed E-state index contributed by atoms with van der Waals surface area (Å²) in [5, 5.41) is 22.7. The molecule has 1 aromatic carbocycles. The molecule has 6 heteroatoms. The highest BCUT2D eigenvalue weighted by molar-refractivity contribution is 6.02. The van der Waals surface area contributed by atoms with Crippen LogP contribution < -0.4 is 10.9 Å². The molecule has 0 aliphatic carbocycles. The molecule has 0 saturated carbocycles. The summed E-state index contributed by atoms with van der Waals surface area (Å²) < 4.78 is 1.40. The Morgan fingerprint density at radius 1 is 1.03 bits per heavy atom. The number of aromatic nitrogens is 1. The summed E-state index contributed by atoms with van der Waals surface area (Å²) in [6.45, 7) is 2.87. The van der Waals surface area contributed by atoms with Crippen molar-refractivity contribution in [2.45, 2.75) is 84.1 Å². The Kier molecular flexibility index (Phi) is 10.6. The lowest BCUT2D eigenvalue weighted by Crippen LogP contribution is -2.34. The van der Waals surface area contributed by atoms with E-state index in [2.05, 4.69) is 12.2 Å². The standard InChI is InChI=1S/C25H35N3O3/c1-2-3-4-5-6-7-8-9-10-13-18-27-24(30)22-23(29)20-15-11-12-16-21(20)28(25(22)31)19-14-17-26/h11-12,15-16,29H,2-10,13-14,18-19H2,1H3,(H,27,30). The summed E-state index contributed by atoms with van der Waals surface area (Å²) in [7, 11) is 0. The summed E-state index contributed by atoms with van der Waals surface area (Å²) in [6.07, 6.45) is 12.2. The van der Waals surface area contributed by atoms with Crippen molar-refractivity contribution in [2.24, 2.45) is 0 Å². The van der Waals surface area contributed by atoms with E-state index in [1.54, 1.807) is 24.3 Å². The largest absolute Gasteiger partial charge is 0.506 e. The number of aryl methyl sites for hydroxylation is 1. The number of nitrogens with one attached hydrogen (secondary N) is 1. The Morgan fingerprint density at radius 2 is 1.65 bits per heavy atom. The summed E-state index contributed by atoms with van der Waals surface area (Å²) in [5.74, 6) is -0.857. The third kappa shape index (κ3) is 7.13. The van der Waals surface area contributed by atoms with E-state index in [0.717, 1.165) is 19.3 Å². The van der Waals surface area contributed by atoms with Gasteiger partial charge in [0.15, 0.2) is 0 Å². The van der Waals surface area contributed by atoms with Crippen molar-refractivity contribution in [1.29, 1.82) is 5.26 Å². The van der Waals surface area contributed by atoms with Gasteiger partial charge in [-0.25, -0.2) is 0 Å². The van der Waals surface area contributed by atoms with Crippen LogP contribution in [0.15, 0.2) is 29.1 Å². The van der Waals surface area contributed by atoms with Crippen LogP contribution in [0.1, 0.15) is 87.9 Å². The second-order valence-electron chi connectivity index (χ2n) is 8.04. The average molecular weight is 426 g/mol. The third-order valence-electron chi connectivity index (χ3n) is 5.64. The Balaban J connectivity index is 1.89. The van der Waals surface area contributed by atoms with Gasteiger partial charge < -0.3 is 15.0 Å². The third-order valence-corrected chi connectivity index (χ3v) is 5.64. The van der Waals surface area contributed by atoms with Gasteiger partial charge >= 0.3 is 0 Å². The zero-order valence-electron chi connectivity index (χ0n) is 18.7. The maximum atomic E-state index is 12.9. The second kappa shape index (κ2) is 13.5. The number of amides is 1. The molecule has 2 aromatic rings. The first-order valence-corrected chi connectivity index (χ1v) is 11.6. The number of carbonyl (C=O) groups excluding carboxylic acids is 1. The highest BCUT2D eigenvalue weighted by atomic mass is 16.3. The van der Waals surface area contributed by atoms with Crippen LogP contribution in [-0.2, 0) is 6.54 Å². The van der Waals surface area contributed by atoms with Crippen LogP contribution in [0.5, 0.6) is 5.75 Å². The summed E-state index contributed by atoms with van der Waals surface area (Å²) >= 11 is 0. The number of carbonyl (C=O) groups is 1. The zero-order chi connectivity index (χ0) is 22.5. The van der Waals surface area contributed by atoms with Gasteiger partial charge in [-0.1, -0.05) is 76.8 Å². The molecule has 0 aliphatic heterocycles. The molecule has 2 rings (SSSR count). The van der Waals surface area contributed by atoms with Gasteiger partial charge in [0.2, 0.25) is 0 Å². The van der Waals surface area contributed by atoms with Crippen LogP contribution in [0.4, 0.5) is 0 Å². The molecule has 0 unspecified atom stereocenters. The number of pyridine rings is 1. The monoisotopic (exact) mass is 425 g/mol. The molecule has 0 fully saturated rings. The molecule has 168 valence electrons. The van der Waals surface area contributed by atoms with Crippen LogP contribution in [0.2, 0.25) is 0 Å². The molecule has 6 nitrogen and oxygen atoms in total. The first kappa shape index (κ1) is 24.5. The Morgan fingerprint density at radius 3 is 2.29 bits per heavy atom. The number of hydrogen-bond acceptors (Lipinski definition) is 4. The van der Waals surface area contributed by atoms with Gasteiger partial charge in [0.25, 0.3) is 11.5 Å². The number of para-hydroxylation sites is 1. The van der Waals surface area contributed by atoms with E-state index >= 15 is 0 Å². The normalized spacial score (nSPS) is 10.8. The molecule has 0 spiro atoms. The Hall–Kier alpha value is -2.81. The lowest BCUT2D eigenvalue weighted by molar-refractivity contribution is 0.0948. The van der Waals surface area contributed by atoms with Crippen LogP contribution in [-0.4, -0.2) is 22.1 Å². The fraction of sp³-hybridized carbons (Fsp3) is 0.560. The van der Waals surface area contributed by atoms with Crippen molar-refractivity contribution in [2.75, 3.05) is 6.54 Å². The van der Waals surface area contributed by atoms with Gasteiger partial charge in [0, 0.05) is 18.5 Å². The average Bonchev–Trinajstić information content (AvgIpc) is 2.77. The molecule has 31 heavy (non-hydrogen) atoms. The summed E-state index contributed by atoms with van der Waals surface area (Å²) in [6, 6.07) is 8.91. The van der Waals surface area contributed by atoms with Crippen molar-refractivity contribution < 1.29 is 9.90 Å². The van der Waals surface area contributed by atoms with Crippen LogP contribution in [0.25, 0.3) is 10.9 Å². The minimum atomic E-state index is -0.563. The number of benzene rings is 1. The smallest absolute Gasteiger partial charge is 0.267 e. The van der Waals surface area contributed by atoms with Crippen molar-refractivity contribution in [3.63, 3.8) is 0 Å².